The topological polar surface area (TPSA) is 37.3 Å². The Labute approximate surface area is 103 Å². The molecule has 5 heteroatoms. The maximum atomic E-state index is 13.2. The summed E-state index contributed by atoms with van der Waals surface area (Å²) in [6.07, 6.45) is 2.45. The molecule has 0 saturated heterocycles. The molecule has 0 amide bonds. The van der Waals surface area contributed by atoms with Gasteiger partial charge in [0.2, 0.25) is 0 Å². The van der Waals surface area contributed by atoms with E-state index < -0.39 is 17.6 Å². The van der Waals surface area contributed by atoms with E-state index in [9.17, 15) is 13.6 Å². The molecular formula is C12H14F2O2S. The fraction of sp³-hybridized carbons (Fsp3) is 0.417. The van der Waals surface area contributed by atoms with Gasteiger partial charge >= 0.3 is 5.97 Å². The number of benzene rings is 1. The lowest BCUT2D eigenvalue weighted by molar-refractivity contribution is -0.137. The Bertz CT molecular complexity index is 383. The second kappa shape index (κ2) is 7.27. The van der Waals surface area contributed by atoms with Crippen LogP contribution in [-0.2, 0) is 4.79 Å². The van der Waals surface area contributed by atoms with Gasteiger partial charge in [-0.2, -0.15) is 0 Å². The summed E-state index contributed by atoms with van der Waals surface area (Å²) in [5.41, 5.74) is 0. The second-order valence-corrected chi connectivity index (χ2v) is 4.76. The highest BCUT2D eigenvalue weighted by Crippen LogP contribution is 2.23. The van der Waals surface area contributed by atoms with Crippen LogP contribution in [0.4, 0.5) is 8.78 Å². The van der Waals surface area contributed by atoms with Gasteiger partial charge in [0, 0.05) is 17.4 Å². The molecule has 0 spiro atoms. The largest absolute Gasteiger partial charge is 0.481 e. The summed E-state index contributed by atoms with van der Waals surface area (Å²) in [7, 11) is 0. The van der Waals surface area contributed by atoms with Gasteiger partial charge < -0.3 is 5.11 Å². The number of hydrogen-bond acceptors (Lipinski definition) is 2. The van der Waals surface area contributed by atoms with E-state index >= 15 is 0 Å². The standard InChI is InChI=1S/C12H14F2O2S/c13-9-5-6-11(10(14)8-9)17-7-3-1-2-4-12(15)16/h5-6,8H,1-4,7H2,(H,15,16). The molecule has 2 nitrogen and oxygen atoms in total. The highest BCUT2D eigenvalue weighted by Gasteiger charge is 2.04. The van der Waals surface area contributed by atoms with Crippen molar-refractivity contribution in [2.24, 2.45) is 0 Å². The minimum Gasteiger partial charge on any atom is -0.481 e. The zero-order chi connectivity index (χ0) is 12.7. The third kappa shape index (κ3) is 5.68. The number of carboxylic acid groups (broad SMARTS) is 1. The Morgan fingerprint density at radius 1 is 1.24 bits per heavy atom. The molecule has 1 aromatic rings. The minimum absolute atomic E-state index is 0.176. The number of rotatable bonds is 7. The molecule has 0 atom stereocenters. The van der Waals surface area contributed by atoms with Crippen molar-refractivity contribution in [3.05, 3.63) is 29.8 Å². The van der Waals surface area contributed by atoms with Gasteiger partial charge in [0.15, 0.2) is 0 Å². The van der Waals surface area contributed by atoms with Crippen LogP contribution >= 0.6 is 11.8 Å². The van der Waals surface area contributed by atoms with Gasteiger partial charge in [-0.3, -0.25) is 4.79 Å². The molecule has 1 rings (SSSR count). The molecule has 0 aliphatic rings. The van der Waals surface area contributed by atoms with Crippen LogP contribution in [0.25, 0.3) is 0 Å². The van der Waals surface area contributed by atoms with Crippen LogP contribution in [0.5, 0.6) is 0 Å². The first-order chi connectivity index (χ1) is 8.09. The highest BCUT2D eigenvalue weighted by atomic mass is 32.2. The monoisotopic (exact) mass is 260 g/mol. The number of carbonyl (C=O) groups is 1. The van der Waals surface area contributed by atoms with Crippen molar-refractivity contribution < 1.29 is 18.7 Å². The van der Waals surface area contributed by atoms with Crippen molar-refractivity contribution in [3.63, 3.8) is 0 Å². The van der Waals surface area contributed by atoms with Crippen LogP contribution in [0.3, 0.4) is 0 Å². The molecule has 0 heterocycles. The summed E-state index contributed by atoms with van der Waals surface area (Å²) in [6.45, 7) is 0. The quantitative estimate of drug-likeness (QED) is 0.600. The van der Waals surface area contributed by atoms with Crippen LogP contribution < -0.4 is 0 Å². The van der Waals surface area contributed by atoms with Gasteiger partial charge in [-0.1, -0.05) is 6.42 Å². The maximum absolute atomic E-state index is 13.2. The third-order valence-corrected chi connectivity index (χ3v) is 3.32. The molecule has 17 heavy (non-hydrogen) atoms. The first-order valence-corrected chi connectivity index (χ1v) is 6.38. The summed E-state index contributed by atoms with van der Waals surface area (Å²) < 4.78 is 25.8. The van der Waals surface area contributed by atoms with Crippen LogP contribution in [0, 0.1) is 11.6 Å². The van der Waals surface area contributed by atoms with E-state index in [1.807, 2.05) is 0 Å². The van der Waals surface area contributed by atoms with E-state index in [4.69, 9.17) is 5.11 Å². The Morgan fingerprint density at radius 3 is 2.65 bits per heavy atom. The zero-order valence-electron chi connectivity index (χ0n) is 9.29. The van der Waals surface area contributed by atoms with Crippen LogP contribution in [0.15, 0.2) is 23.1 Å². The molecule has 0 aliphatic carbocycles. The van der Waals surface area contributed by atoms with Gasteiger partial charge in [0.25, 0.3) is 0 Å². The molecule has 0 saturated carbocycles. The maximum Gasteiger partial charge on any atom is 0.303 e. The predicted octanol–water partition coefficient (Wildman–Crippen LogP) is 3.70. The lowest BCUT2D eigenvalue weighted by Crippen LogP contribution is -1.94. The normalized spacial score (nSPS) is 10.5. The van der Waals surface area contributed by atoms with Crippen molar-refractivity contribution in [3.8, 4) is 0 Å². The Kier molecular flexibility index (Phi) is 5.97. The molecule has 1 N–H and O–H groups in total. The summed E-state index contributed by atoms with van der Waals surface area (Å²) in [5.74, 6) is -1.20. The molecule has 0 aromatic heterocycles. The number of carboxylic acids is 1. The van der Waals surface area contributed by atoms with Crippen molar-refractivity contribution in [1.82, 2.24) is 0 Å². The van der Waals surface area contributed by atoms with E-state index in [1.54, 1.807) is 0 Å². The smallest absolute Gasteiger partial charge is 0.303 e. The average molecular weight is 260 g/mol. The van der Waals surface area contributed by atoms with Crippen molar-refractivity contribution in [2.45, 2.75) is 30.6 Å². The van der Waals surface area contributed by atoms with Gasteiger partial charge in [-0.25, -0.2) is 8.78 Å². The van der Waals surface area contributed by atoms with Crippen LogP contribution in [0.2, 0.25) is 0 Å². The van der Waals surface area contributed by atoms with E-state index in [-0.39, 0.29) is 6.42 Å². The Hall–Kier alpha value is -1.10. The lowest BCUT2D eigenvalue weighted by Gasteiger charge is -2.03. The van der Waals surface area contributed by atoms with E-state index in [1.165, 1.54) is 23.9 Å². The van der Waals surface area contributed by atoms with Crippen molar-refractivity contribution in [1.29, 1.82) is 0 Å². The van der Waals surface area contributed by atoms with Gasteiger partial charge in [0.1, 0.15) is 11.6 Å². The summed E-state index contributed by atoms with van der Waals surface area (Å²) in [6, 6.07) is 3.52. The highest BCUT2D eigenvalue weighted by molar-refractivity contribution is 7.99. The summed E-state index contributed by atoms with van der Waals surface area (Å²) >= 11 is 1.33. The number of thioether (sulfide) groups is 1. The van der Waals surface area contributed by atoms with Crippen molar-refractivity contribution >= 4 is 17.7 Å². The first-order valence-electron chi connectivity index (χ1n) is 5.39. The Balaban J connectivity index is 2.20. The molecule has 94 valence electrons. The van der Waals surface area contributed by atoms with Gasteiger partial charge in [0.05, 0.1) is 0 Å². The third-order valence-electron chi connectivity index (χ3n) is 2.19. The summed E-state index contributed by atoms with van der Waals surface area (Å²) in [5, 5.41) is 8.42. The zero-order valence-corrected chi connectivity index (χ0v) is 10.1. The van der Waals surface area contributed by atoms with Crippen LogP contribution in [-0.4, -0.2) is 16.8 Å². The molecule has 0 bridgehead atoms. The molecule has 0 fully saturated rings. The fourth-order valence-electron chi connectivity index (χ4n) is 1.33. The van der Waals surface area contributed by atoms with Gasteiger partial charge in [-0.05, 0) is 30.7 Å². The SMILES string of the molecule is O=C(O)CCCCCSc1ccc(F)cc1F. The number of hydrogen-bond donors (Lipinski definition) is 1. The molecule has 0 radical (unpaired) electrons. The first kappa shape index (κ1) is 14.0. The second-order valence-electron chi connectivity index (χ2n) is 3.63. The number of unbranched alkanes of at least 4 members (excludes halogenated alkanes) is 2. The van der Waals surface area contributed by atoms with Gasteiger partial charge in [-0.15, -0.1) is 11.8 Å². The molecule has 1 aromatic carbocycles. The summed E-state index contributed by atoms with van der Waals surface area (Å²) in [4.78, 5) is 10.7. The number of halogens is 2. The predicted molar refractivity (Wildman–Crippen MR) is 63.2 cm³/mol. The molecule has 0 aliphatic heterocycles. The fourth-order valence-corrected chi connectivity index (χ4v) is 2.26. The van der Waals surface area contributed by atoms with E-state index in [2.05, 4.69) is 0 Å². The van der Waals surface area contributed by atoms with Crippen molar-refractivity contribution in [2.75, 3.05) is 5.75 Å². The Morgan fingerprint density at radius 2 is 2.00 bits per heavy atom. The van der Waals surface area contributed by atoms with Crippen LogP contribution in [0.1, 0.15) is 25.7 Å². The van der Waals surface area contributed by atoms with E-state index in [0.717, 1.165) is 18.9 Å². The van der Waals surface area contributed by atoms with E-state index in [0.29, 0.717) is 17.1 Å². The molecular weight excluding hydrogens is 246 g/mol. The average Bonchev–Trinajstić information content (AvgIpc) is 2.25. The molecule has 0 unspecified atom stereocenters. The minimum atomic E-state index is -0.790. The lowest BCUT2D eigenvalue weighted by atomic mass is 10.2. The number of aliphatic carboxylic acids is 1.